The molecule has 1 spiro atoms. The van der Waals surface area contributed by atoms with Crippen LogP contribution in [-0.2, 0) is 23.7 Å². The topological polar surface area (TPSA) is 74.2 Å². The summed E-state index contributed by atoms with van der Waals surface area (Å²) in [6.07, 6.45) is -0.200. The molecule has 0 radical (unpaired) electrons. The molecule has 10 heteroatoms. The third-order valence-electron chi connectivity index (χ3n) is 7.34. The molecule has 0 saturated carbocycles. The van der Waals surface area contributed by atoms with Crippen LogP contribution in [0.2, 0.25) is 0 Å². The molecule has 0 aliphatic carbocycles. The maximum Gasteiger partial charge on any atom is 0.175 e. The van der Waals surface area contributed by atoms with Crippen molar-refractivity contribution in [2.24, 2.45) is 23.7 Å². The van der Waals surface area contributed by atoms with Crippen LogP contribution in [0.5, 0.6) is 0 Å². The second-order valence-electron chi connectivity index (χ2n) is 9.12. The molecule has 4 saturated heterocycles. The van der Waals surface area contributed by atoms with Gasteiger partial charge in [-0.15, -0.1) is 23.5 Å². The smallest absolute Gasteiger partial charge is 0.175 e. The standard InChI is InChI=1S/C22H36O6S4/c1-14(21(2)31-8-9-32-21)18(23)15-10-30-11-16(19(15)24)20(26-13-25-3)17-12-29-7-4-22(17)27-5-6-28-22/h14-18,20,23H,4-13H2,1-3H3/t14-,15-,16+,17+,18-,20-/m1/s1. The number of methoxy groups -OCH3 is 1. The van der Waals surface area contributed by atoms with Gasteiger partial charge in [-0.3, -0.25) is 4.79 Å². The monoisotopic (exact) mass is 524 g/mol. The number of hydrogen-bond donors (Lipinski definition) is 1. The van der Waals surface area contributed by atoms with E-state index in [9.17, 15) is 9.90 Å². The number of aliphatic hydroxyl groups is 1. The zero-order chi connectivity index (χ0) is 22.8. The number of hydrogen-bond acceptors (Lipinski definition) is 10. The van der Waals surface area contributed by atoms with Crippen LogP contribution in [0.15, 0.2) is 0 Å². The zero-order valence-corrected chi connectivity index (χ0v) is 22.4. The Labute approximate surface area is 208 Å². The summed E-state index contributed by atoms with van der Waals surface area (Å²) in [5, 5.41) is 11.3. The summed E-state index contributed by atoms with van der Waals surface area (Å²) in [7, 11) is 1.61. The van der Waals surface area contributed by atoms with E-state index in [0.717, 1.165) is 29.4 Å². The number of thioether (sulfide) groups is 4. The fraction of sp³-hybridized carbons (Fsp3) is 0.955. The van der Waals surface area contributed by atoms with Crippen molar-refractivity contribution in [3.63, 3.8) is 0 Å². The van der Waals surface area contributed by atoms with E-state index in [2.05, 4.69) is 13.8 Å². The summed E-state index contributed by atoms with van der Waals surface area (Å²) in [6.45, 7) is 5.61. The largest absolute Gasteiger partial charge is 0.392 e. The molecule has 6 nitrogen and oxygen atoms in total. The summed E-state index contributed by atoms with van der Waals surface area (Å²) in [4.78, 5) is 13.8. The molecule has 184 valence electrons. The minimum atomic E-state index is -0.669. The zero-order valence-electron chi connectivity index (χ0n) is 19.2. The van der Waals surface area contributed by atoms with E-state index in [1.54, 1.807) is 18.9 Å². The summed E-state index contributed by atoms with van der Waals surface area (Å²) < 4.78 is 23.7. The lowest BCUT2D eigenvalue weighted by atomic mass is 9.77. The average Bonchev–Trinajstić information content (AvgIpc) is 3.45. The highest BCUT2D eigenvalue weighted by Gasteiger charge is 2.55. The number of rotatable bonds is 8. The lowest BCUT2D eigenvalue weighted by Gasteiger charge is -2.46. The van der Waals surface area contributed by atoms with Crippen LogP contribution in [0.3, 0.4) is 0 Å². The summed E-state index contributed by atoms with van der Waals surface area (Å²) in [5.41, 5.74) is 0. The van der Waals surface area contributed by atoms with Crippen molar-refractivity contribution in [3.05, 3.63) is 0 Å². The summed E-state index contributed by atoms with van der Waals surface area (Å²) in [6, 6.07) is 0. The molecule has 0 unspecified atom stereocenters. The number of Topliss-reactive ketones (excluding diaryl/α,β-unsaturated/α-hetero) is 1. The molecular formula is C22H36O6S4. The number of carbonyl (C=O) groups excluding carboxylic acids is 1. The second-order valence-corrected chi connectivity index (χ2v) is 14.7. The Morgan fingerprint density at radius 2 is 1.78 bits per heavy atom. The van der Waals surface area contributed by atoms with Crippen molar-refractivity contribution in [1.82, 2.24) is 0 Å². The maximum absolute atomic E-state index is 13.8. The van der Waals surface area contributed by atoms with Gasteiger partial charge in [-0.2, -0.15) is 23.5 Å². The van der Waals surface area contributed by atoms with Crippen molar-refractivity contribution >= 4 is 52.8 Å². The number of carbonyl (C=O) groups is 1. The Balaban J connectivity index is 1.54. The van der Waals surface area contributed by atoms with E-state index in [1.807, 2.05) is 35.3 Å². The minimum Gasteiger partial charge on any atom is -0.392 e. The highest BCUT2D eigenvalue weighted by Crippen LogP contribution is 2.51. The van der Waals surface area contributed by atoms with Crippen LogP contribution < -0.4 is 0 Å². The second kappa shape index (κ2) is 11.3. The van der Waals surface area contributed by atoms with Gasteiger partial charge >= 0.3 is 0 Å². The molecule has 32 heavy (non-hydrogen) atoms. The van der Waals surface area contributed by atoms with Gasteiger partial charge in [0.1, 0.15) is 12.6 Å². The molecule has 6 atom stereocenters. The van der Waals surface area contributed by atoms with Gasteiger partial charge in [0.05, 0.1) is 41.3 Å². The number of ether oxygens (including phenoxy) is 4. The predicted octanol–water partition coefficient (Wildman–Crippen LogP) is 3.21. The van der Waals surface area contributed by atoms with Crippen LogP contribution in [0, 0.1) is 23.7 Å². The van der Waals surface area contributed by atoms with Crippen molar-refractivity contribution in [2.45, 2.75) is 42.3 Å². The van der Waals surface area contributed by atoms with Gasteiger partial charge in [-0.1, -0.05) is 6.92 Å². The lowest BCUT2D eigenvalue weighted by molar-refractivity contribution is -0.234. The third kappa shape index (κ3) is 5.19. The molecular weight excluding hydrogens is 489 g/mol. The Kier molecular flexibility index (Phi) is 9.15. The molecule has 4 heterocycles. The van der Waals surface area contributed by atoms with Gasteiger partial charge in [0.15, 0.2) is 5.79 Å². The lowest BCUT2D eigenvalue weighted by Crippen LogP contribution is -2.56. The molecule has 0 bridgehead atoms. The van der Waals surface area contributed by atoms with Gasteiger partial charge < -0.3 is 24.1 Å². The van der Waals surface area contributed by atoms with Gasteiger partial charge in [-0.05, 0) is 12.7 Å². The normalized spacial score (nSPS) is 35.1. The quantitative estimate of drug-likeness (QED) is 0.479. The first-order valence-corrected chi connectivity index (χ1v) is 15.7. The minimum absolute atomic E-state index is 0.0321. The molecule has 0 aromatic heterocycles. The van der Waals surface area contributed by atoms with Crippen molar-refractivity contribution in [1.29, 1.82) is 0 Å². The first kappa shape index (κ1) is 25.9. The number of ketones is 1. The van der Waals surface area contributed by atoms with Crippen molar-refractivity contribution in [3.8, 4) is 0 Å². The summed E-state index contributed by atoms with van der Waals surface area (Å²) in [5.74, 6) is 4.15. The molecule has 1 N–H and O–H groups in total. The van der Waals surface area contributed by atoms with Gasteiger partial charge in [-0.25, -0.2) is 0 Å². The Morgan fingerprint density at radius 1 is 1.09 bits per heavy atom. The first-order valence-electron chi connectivity index (χ1n) is 11.5. The van der Waals surface area contributed by atoms with Crippen molar-refractivity contribution < 1.29 is 28.8 Å². The van der Waals surface area contributed by atoms with Crippen LogP contribution >= 0.6 is 47.0 Å². The fourth-order valence-corrected chi connectivity index (χ4v) is 11.1. The first-order chi connectivity index (χ1) is 15.4. The molecule has 0 aromatic carbocycles. The number of aliphatic hydroxyl groups excluding tert-OH is 1. The van der Waals surface area contributed by atoms with Gasteiger partial charge in [0.2, 0.25) is 0 Å². The third-order valence-corrected chi connectivity index (χ3v) is 13.3. The van der Waals surface area contributed by atoms with Gasteiger partial charge in [0.25, 0.3) is 0 Å². The SMILES string of the molecule is COCO[C@H]([C@H]1CSC[C@H]([C@H](O)[C@@H](C)C2(C)SCCS2)C1=O)[C@@H]1CSCCC12OCCO2. The molecule has 4 rings (SSSR count). The maximum atomic E-state index is 13.8. The van der Waals surface area contributed by atoms with E-state index in [1.165, 1.54) is 0 Å². The van der Waals surface area contributed by atoms with Gasteiger partial charge in [0, 0.05) is 54.1 Å². The average molecular weight is 525 g/mol. The molecule has 0 amide bonds. The molecule has 4 aliphatic heterocycles. The molecule has 4 aliphatic rings. The van der Waals surface area contributed by atoms with E-state index in [-0.39, 0.29) is 46.4 Å². The molecule has 4 fully saturated rings. The Bertz CT molecular complexity index is 640. The predicted molar refractivity (Wildman–Crippen MR) is 135 cm³/mol. The van der Waals surface area contributed by atoms with Crippen LogP contribution in [0.25, 0.3) is 0 Å². The van der Waals surface area contributed by atoms with Crippen LogP contribution in [0.1, 0.15) is 20.3 Å². The van der Waals surface area contributed by atoms with Crippen molar-refractivity contribution in [2.75, 3.05) is 61.6 Å². The Hall–Kier alpha value is 0.870. The summed E-state index contributed by atoms with van der Waals surface area (Å²) >= 11 is 7.44. The van der Waals surface area contributed by atoms with E-state index in [0.29, 0.717) is 24.7 Å². The van der Waals surface area contributed by atoms with E-state index in [4.69, 9.17) is 18.9 Å². The van der Waals surface area contributed by atoms with E-state index < -0.39 is 11.9 Å². The highest BCUT2D eigenvalue weighted by atomic mass is 32.2. The van der Waals surface area contributed by atoms with Crippen LogP contribution in [-0.4, -0.2) is 94.6 Å². The van der Waals surface area contributed by atoms with E-state index >= 15 is 0 Å². The fourth-order valence-electron chi connectivity index (χ4n) is 5.31. The van der Waals surface area contributed by atoms with Crippen LogP contribution in [0.4, 0.5) is 0 Å². The highest BCUT2D eigenvalue weighted by molar-refractivity contribution is 8.21. The Morgan fingerprint density at radius 3 is 2.47 bits per heavy atom. The molecule has 0 aromatic rings.